The molecule has 2 aromatic rings. The van der Waals surface area contributed by atoms with E-state index in [1.807, 2.05) is 30.3 Å². The Morgan fingerprint density at radius 1 is 1.17 bits per heavy atom. The van der Waals surface area contributed by atoms with Gasteiger partial charge in [0.05, 0.1) is 19.1 Å². The van der Waals surface area contributed by atoms with Crippen LogP contribution in [-0.2, 0) is 4.79 Å². The number of rotatable bonds is 6. The van der Waals surface area contributed by atoms with Crippen molar-refractivity contribution in [2.75, 3.05) is 7.11 Å². The predicted molar refractivity (Wildman–Crippen MR) is 92.0 cm³/mol. The number of nitrogens with one attached hydrogen (secondary N) is 1. The van der Waals surface area contributed by atoms with Crippen LogP contribution in [0.3, 0.4) is 0 Å². The van der Waals surface area contributed by atoms with Gasteiger partial charge in [-0.2, -0.15) is 0 Å². The van der Waals surface area contributed by atoms with E-state index in [4.69, 9.17) is 10.5 Å². The molecule has 3 unspecified atom stereocenters. The van der Waals surface area contributed by atoms with Crippen molar-refractivity contribution >= 4 is 5.91 Å². The number of hydrogen-bond acceptors (Lipinski definition) is 3. The largest absolute Gasteiger partial charge is 0.496 e. The molecule has 4 nitrogen and oxygen atoms in total. The molecule has 0 heterocycles. The van der Waals surface area contributed by atoms with Gasteiger partial charge in [0.2, 0.25) is 5.91 Å². The first kappa shape index (κ1) is 17.9. The quantitative estimate of drug-likeness (QED) is 0.854. The first-order chi connectivity index (χ1) is 11.4. The van der Waals surface area contributed by atoms with Gasteiger partial charge < -0.3 is 15.8 Å². The Kier molecular flexibility index (Phi) is 5.93. The predicted octanol–water partition coefficient (Wildman–Crippen LogP) is 3.35. The molecule has 0 bridgehead atoms. The number of amides is 1. The number of halogens is 1. The number of benzene rings is 2. The SMILES string of the molecule is COc1ccc(F)cc1C(C)NC(=O)C(C)C(N)c1ccccc1. The molecule has 2 rings (SSSR count). The number of nitrogens with two attached hydrogens (primary N) is 1. The third-order valence-electron chi connectivity index (χ3n) is 4.15. The van der Waals surface area contributed by atoms with Gasteiger partial charge in [-0.25, -0.2) is 4.39 Å². The van der Waals surface area contributed by atoms with Crippen molar-refractivity contribution in [1.82, 2.24) is 5.32 Å². The number of carbonyl (C=O) groups is 1. The molecule has 1 amide bonds. The van der Waals surface area contributed by atoms with E-state index >= 15 is 0 Å². The van der Waals surface area contributed by atoms with Gasteiger partial charge in [0, 0.05) is 11.6 Å². The van der Waals surface area contributed by atoms with Gasteiger partial charge in [-0.15, -0.1) is 0 Å². The van der Waals surface area contributed by atoms with Gasteiger partial charge in [-0.05, 0) is 30.7 Å². The summed E-state index contributed by atoms with van der Waals surface area (Å²) in [6, 6.07) is 12.9. The molecular formula is C19H23FN2O2. The molecule has 2 aromatic carbocycles. The van der Waals surface area contributed by atoms with Gasteiger partial charge >= 0.3 is 0 Å². The van der Waals surface area contributed by atoms with E-state index in [-0.39, 0.29) is 11.7 Å². The van der Waals surface area contributed by atoms with Crippen LogP contribution < -0.4 is 15.8 Å². The second kappa shape index (κ2) is 7.93. The lowest BCUT2D eigenvalue weighted by Crippen LogP contribution is -2.37. The van der Waals surface area contributed by atoms with Gasteiger partial charge in [0.15, 0.2) is 0 Å². The third kappa shape index (κ3) is 4.11. The normalized spacial score (nSPS) is 14.5. The van der Waals surface area contributed by atoms with E-state index < -0.39 is 18.0 Å². The summed E-state index contributed by atoms with van der Waals surface area (Å²) in [5, 5.41) is 2.88. The van der Waals surface area contributed by atoms with Crippen LogP contribution in [0, 0.1) is 11.7 Å². The van der Waals surface area contributed by atoms with Crippen LogP contribution in [0.2, 0.25) is 0 Å². The Bertz CT molecular complexity index is 691. The first-order valence-corrected chi connectivity index (χ1v) is 7.88. The Morgan fingerprint density at radius 3 is 2.46 bits per heavy atom. The molecule has 0 saturated heterocycles. The highest BCUT2D eigenvalue weighted by Crippen LogP contribution is 2.27. The Morgan fingerprint density at radius 2 is 1.83 bits per heavy atom. The van der Waals surface area contributed by atoms with Gasteiger partial charge in [-0.1, -0.05) is 37.3 Å². The Labute approximate surface area is 141 Å². The molecule has 0 aliphatic rings. The van der Waals surface area contributed by atoms with Crippen molar-refractivity contribution in [3.05, 3.63) is 65.5 Å². The fourth-order valence-corrected chi connectivity index (χ4v) is 2.59. The van der Waals surface area contributed by atoms with Crippen LogP contribution in [0.25, 0.3) is 0 Å². The lowest BCUT2D eigenvalue weighted by atomic mass is 9.94. The van der Waals surface area contributed by atoms with Crippen LogP contribution >= 0.6 is 0 Å². The molecule has 0 saturated carbocycles. The zero-order chi connectivity index (χ0) is 17.7. The fourth-order valence-electron chi connectivity index (χ4n) is 2.59. The van der Waals surface area contributed by atoms with Crippen LogP contribution in [-0.4, -0.2) is 13.0 Å². The summed E-state index contributed by atoms with van der Waals surface area (Å²) in [4.78, 5) is 12.5. The maximum absolute atomic E-state index is 13.5. The van der Waals surface area contributed by atoms with Crippen molar-refractivity contribution in [2.45, 2.75) is 25.9 Å². The van der Waals surface area contributed by atoms with Crippen molar-refractivity contribution in [2.24, 2.45) is 11.7 Å². The molecular weight excluding hydrogens is 307 g/mol. The smallest absolute Gasteiger partial charge is 0.225 e. The third-order valence-corrected chi connectivity index (χ3v) is 4.15. The molecule has 0 aromatic heterocycles. The zero-order valence-corrected chi connectivity index (χ0v) is 14.1. The van der Waals surface area contributed by atoms with Crippen LogP contribution in [0.4, 0.5) is 4.39 Å². The molecule has 3 N–H and O–H groups in total. The maximum Gasteiger partial charge on any atom is 0.225 e. The average Bonchev–Trinajstić information content (AvgIpc) is 2.61. The highest BCUT2D eigenvalue weighted by atomic mass is 19.1. The van der Waals surface area contributed by atoms with E-state index in [0.29, 0.717) is 11.3 Å². The van der Waals surface area contributed by atoms with E-state index in [0.717, 1.165) is 5.56 Å². The number of hydrogen-bond donors (Lipinski definition) is 2. The highest BCUT2D eigenvalue weighted by molar-refractivity contribution is 5.79. The van der Waals surface area contributed by atoms with E-state index in [9.17, 15) is 9.18 Å². The monoisotopic (exact) mass is 330 g/mol. The minimum Gasteiger partial charge on any atom is -0.496 e. The average molecular weight is 330 g/mol. The zero-order valence-electron chi connectivity index (χ0n) is 14.1. The van der Waals surface area contributed by atoms with Crippen molar-refractivity contribution in [3.8, 4) is 5.75 Å². The van der Waals surface area contributed by atoms with Crippen LogP contribution in [0.15, 0.2) is 48.5 Å². The van der Waals surface area contributed by atoms with Crippen LogP contribution in [0.5, 0.6) is 5.75 Å². The number of methoxy groups -OCH3 is 1. The Hall–Kier alpha value is -2.40. The summed E-state index contributed by atoms with van der Waals surface area (Å²) in [7, 11) is 1.51. The minimum absolute atomic E-state index is 0.190. The Balaban J connectivity index is 2.10. The van der Waals surface area contributed by atoms with Crippen molar-refractivity contribution < 1.29 is 13.9 Å². The molecule has 3 atom stereocenters. The second-order valence-electron chi connectivity index (χ2n) is 5.84. The molecule has 0 spiro atoms. The molecule has 0 aliphatic heterocycles. The van der Waals surface area contributed by atoms with E-state index in [1.54, 1.807) is 19.9 Å². The van der Waals surface area contributed by atoms with Crippen molar-refractivity contribution in [3.63, 3.8) is 0 Å². The maximum atomic E-state index is 13.5. The second-order valence-corrected chi connectivity index (χ2v) is 5.84. The number of carbonyl (C=O) groups excluding carboxylic acids is 1. The summed E-state index contributed by atoms with van der Waals surface area (Å²) in [5.41, 5.74) is 7.68. The summed E-state index contributed by atoms with van der Waals surface area (Å²) in [6.07, 6.45) is 0. The molecule has 0 radical (unpaired) electrons. The van der Waals surface area contributed by atoms with E-state index in [2.05, 4.69) is 5.32 Å². The molecule has 0 aliphatic carbocycles. The number of ether oxygens (including phenoxy) is 1. The van der Waals surface area contributed by atoms with Gasteiger partial charge in [-0.3, -0.25) is 4.79 Å². The topological polar surface area (TPSA) is 64.3 Å². The molecule has 24 heavy (non-hydrogen) atoms. The van der Waals surface area contributed by atoms with Crippen molar-refractivity contribution in [1.29, 1.82) is 0 Å². The molecule has 5 heteroatoms. The highest BCUT2D eigenvalue weighted by Gasteiger charge is 2.24. The lowest BCUT2D eigenvalue weighted by molar-refractivity contribution is -0.125. The summed E-state index contributed by atoms with van der Waals surface area (Å²) >= 11 is 0. The summed E-state index contributed by atoms with van der Waals surface area (Å²) in [6.45, 7) is 3.57. The standard InChI is InChI=1S/C19H23FN2O2/c1-12(18(21)14-7-5-4-6-8-14)19(23)22-13(2)16-11-15(20)9-10-17(16)24-3/h4-13,18H,21H2,1-3H3,(H,22,23). The fraction of sp³-hybridized carbons (Fsp3) is 0.316. The minimum atomic E-state index is -0.422. The van der Waals surface area contributed by atoms with Gasteiger partial charge in [0.25, 0.3) is 0 Å². The van der Waals surface area contributed by atoms with Gasteiger partial charge in [0.1, 0.15) is 11.6 Å². The lowest BCUT2D eigenvalue weighted by Gasteiger charge is -2.23. The first-order valence-electron chi connectivity index (χ1n) is 7.88. The van der Waals surface area contributed by atoms with E-state index in [1.165, 1.54) is 19.2 Å². The molecule has 0 fully saturated rings. The van der Waals surface area contributed by atoms with Crippen LogP contribution in [0.1, 0.15) is 37.1 Å². The summed E-state index contributed by atoms with van der Waals surface area (Å²) in [5.74, 6) is -0.454. The molecule has 128 valence electrons. The summed E-state index contributed by atoms with van der Waals surface area (Å²) < 4.78 is 18.7.